The van der Waals surface area contributed by atoms with Crippen molar-refractivity contribution in [3.63, 3.8) is 0 Å². The molecule has 0 aromatic heterocycles. The van der Waals surface area contributed by atoms with Gasteiger partial charge in [-0.2, -0.15) is 11.8 Å². The van der Waals surface area contributed by atoms with E-state index >= 15 is 0 Å². The average molecular weight is 383 g/mol. The van der Waals surface area contributed by atoms with Crippen molar-refractivity contribution in [3.8, 4) is 11.1 Å². The van der Waals surface area contributed by atoms with Crippen molar-refractivity contribution in [2.45, 2.75) is 19.3 Å². The third-order valence-corrected chi connectivity index (χ3v) is 5.93. The van der Waals surface area contributed by atoms with Crippen LogP contribution >= 0.6 is 11.8 Å². The van der Waals surface area contributed by atoms with Crippen LogP contribution in [-0.2, 0) is 0 Å². The van der Waals surface area contributed by atoms with E-state index in [2.05, 4.69) is 28.6 Å². The molecule has 0 unspecified atom stereocenters. The molecule has 1 heterocycles. The predicted octanol–water partition coefficient (Wildman–Crippen LogP) is 4.55. The van der Waals surface area contributed by atoms with Crippen LogP contribution in [-0.4, -0.2) is 49.0 Å². The molecular formula is C23H30N2OS. The number of nitrogens with zero attached hydrogens (tertiary/aromatic N) is 1. The van der Waals surface area contributed by atoms with E-state index in [1.54, 1.807) is 0 Å². The van der Waals surface area contributed by atoms with Crippen molar-refractivity contribution >= 4 is 17.7 Å². The molecular weight excluding hydrogens is 352 g/mol. The zero-order valence-electron chi connectivity index (χ0n) is 16.2. The fourth-order valence-corrected chi connectivity index (χ4v) is 4.16. The smallest absolute Gasteiger partial charge is 0.251 e. The summed E-state index contributed by atoms with van der Waals surface area (Å²) in [5.74, 6) is 1.84. The number of hydrogen-bond donors (Lipinski definition) is 1. The van der Waals surface area contributed by atoms with Crippen LogP contribution in [0.3, 0.4) is 0 Å². The molecule has 1 atom stereocenters. The maximum Gasteiger partial charge on any atom is 0.251 e. The van der Waals surface area contributed by atoms with Gasteiger partial charge in [-0.05, 0) is 73.5 Å². The van der Waals surface area contributed by atoms with Gasteiger partial charge in [0.15, 0.2) is 0 Å². The Bertz CT molecular complexity index is 702. The third kappa shape index (κ3) is 6.12. The maximum absolute atomic E-state index is 12.5. The molecule has 0 radical (unpaired) electrons. The number of carbonyl (C=O) groups is 1. The molecule has 2 aromatic rings. The van der Waals surface area contributed by atoms with E-state index in [1.807, 2.05) is 54.2 Å². The van der Waals surface area contributed by atoms with Gasteiger partial charge in [0.1, 0.15) is 0 Å². The lowest BCUT2D eigenvalue weighted by atomic mass is 9.97. The second-order valence-electron chi connectivity index (χ2n) is 7.31. The van der Waals surface area contributed by atoms with Crippen molar-refractivity contribution in [2.75, 3.05) is 38.2 Å². The third-order valence-electron chi connectivity index (χ3n) is 5.23. The first-order valence-electron chi connectivity index (χ1n) is 9.91. The normalized spacial score (nSPS) is 17.6. The lowest BCUT2D eigenvalue weighted by molar-refractivity contribution is 0.0932. The largest absolute Gasteiger partial charge is 0.352 e. The average Bonchev–Trinajstić information content (AvgIpc) is 2.73. The van der Waals surface area contributed by atoms with E-state index < -0.39 is 0 Å². The van der Waals surface area contributed by atoms with E-state index in [4.69, 9.17) is 0 Å². The molecule has 2 aromatic carbocycles. The highest BCUT2D eigenvalue weighted by Gasteiger charge is 2.20. The Labute approximate surface area is 167 Å². The molecule has 144 valence electrons. The van der Waals surface area contributed by atoms with E-state index in [-0.39, 0.29) is 5.91 Å². The summed E-state index contributed by atoms with van der Waals surface area (Å²) in [5.41, 5.74) is 3.05. The van der Waals surface area contributed by atoms with E-state index in [0.717, 1.165) is 24.2 Å². The molecule has 0 saturated carbocycles. The first-order valence-corrected chi connectivity index (χ1v) is 11.3. The van der Waals surface area contributed by atoms with Crippen molar-refractivity contribution in [1.82, 2.24) is 10.2 Å². The molecule has 3 nitrogen and oxygen atoms in total. The van der Waals surface area contributed by atoms with Gasteiger partial charge < -0.3 is 10.2 Å². The fraction of sp³-hybridized carbons (Fsp3) is 0.435. The number of hydrogen-bond acceptors (Lipinski definition) is 3. The van der Waals surface area contributed by atoms with E-state index in [9.17, 15) is 4.79 Å². The summed E-state index contributed by atoms with van der Waals surface area (Å²) in [6.07, 6.45) is 5.88. The Balaban J connectivity index is 1.47. The molecule has 0 aliphatic carbocycles. The second kappa shape index (κ2) is 10.5. The van der Waals surface area contributed by atoms with Crippen molar-refractivity contribution in [2.24, 2.45) is 5.92 Å². The zero-order valence-corrected chi connectivity index (χ0v) is 17.0. The van der Waals surface area contributed by atoms with Gasteiger partial charge in [-0.15, -0.1) is 0 Å². The Morgan fingerprint density at radius 1 is 1.11 bits per heavy atom. The van der Waals surface area contributed by atoms with Crippen molar-refractivity contribution in [3.05, 3.63) is 60.2 Å². The monoisotopic (exact) mass is 382 g/mol. The Morgan fingerprint density at radius 2 is 1.85 bits per heavy atom. The highest BCUT2D eigenvalue weighted by atomic mass is 32.2. The molecule has 0 bridgehead atoms. The fourth-order valence-electron chi connectivity index (χ4n) is 3.74. The summed E-state index contributed by atoms with van der Waals surface area (Å²) in [5, 5.41) is 3.15. The first-order chi connectivity index (χ1) is 13.3. The molecule has 1 aliphatic rings. The number of carbonyl (C=O) groups excluding carboxylic acids is 1. The lowest BCUT2D eigenvalue weighted by Gasteiger charge is -2.32. The van der Waals surface area contributed by atoms with Crippen molar-refractivity contribution in [1.29, 1.82) is 0 Å². The van der Waals surface area contributed by atoms with Crippen LogP contribution < -0.4 is 5.32 Å². The van der Waals surface area contributed by atoms with Gasteiger partial charge in [0.25, 0.3) is 5.91 Å². The van der Waals surface area contributed by atoms with Gasteiger partial charge in [0.2, 0.25) is 0 Å². The Hall–Kier alpha value is -1.78. The molecule has 1 saturated heterocycles. The summed E-state index contributed by atoms with van der Waals surface area (Å²) >= 11 is 1.92. The van der Waals surface area contributed by atoms with Crippen LogP contribution in [0.1, 0.15) is 29.6 Å². The maximum atomic E-state index is 12.5. The molecule has 4 heteroatoms. The quantitative estimate of drug-likeness (QED) is 0.680. The molecule has 1 aliphatic heterocycles. The van der Waals surface area contributed by atoms with Gasteiger partial charge in [-0.25, -0.2) is 0 Å². The number of rotatable bonds is 8. The van der Waals surface area contributed by atoms with Crippen LogP contribution in [0.4, 0.5) is 0 Å². The van der Waals surface area contributed by atoms with Gasteiger partial charge >= 0.3 is 0 Å². The zero-order chi connectivity index (χ0) is 18.9. The number of piperidine rings is 1. The molecule has 3 rings (SSSR count). The van der Waals surface area contributed by atoms with Crippen LogP contribution in [0.2, 0.25) is 0 Å². The minimum absolute atomic E-state index is 0.0362. The van der Waals surface area contributed by atoms with Gasteiger partial charge in [-0.1, -0.05) is 42.5 Å². The van der Waals surface area contributed by atoms with Gasteiger partial charge in [0, 0.05) is 18.7 Å². The number of benzene rings is 2. The van der Waals surface area contributed by atoms with E-state index in [1.165, 1.54) is 43.7 Å². The van der Waals surface area contributed by atoms with Crippen LogP contribution in [0.25, 0.3) is 11.1 Å². The predicted molar refractivity (Wildman–Crippen MR) is 116 cm³/mol. The summed E-state index contributed by atoms with van der Waals surface area (Å²) < 4.78 is 0. The SMILES string of the molecule is CSCCCN1CCC[C@H](CNC(=O)c2ccc(-c3ccccc3)cc2)C1. The van der Waals surface area contributed by atoms with Crippen LogP contribution in [0.15, 0.2) is 54.6 Å². The summed E-state index contributed by atoms with van der Waals surface area (Å²) in [6, 6.07) is 18.2. The summed E-state index contributed by atoms with van der Waals surface area (Å²) in [6.45, 7) is 4.28. The Kier molecular flexibility index (Phi) is 7.79. The number of nitrogens with one attached hydrogen (secondary N) is 1. The highest BCUT2D eigenvalue weighted by Crippen LogP contribution is 2.20. The molecule has 27 heavy (non-hydrogen) atoms. The standard InChI is InChI=1S/C23H30N2OS/c1-27-16-6-15-25-14-5-7-19(18-25)17-24-23(26)22-12-10-21(11-13-22)20-8-3-2-4-9-20/h2-4,8-13,19H,5-7,14-18H2,1H3,(H,24,26)/t19-/m1/s1. The minimum Gasteiger partial charge on any atom is -0.352 e. The first kappa shape index (κ1) is 20.0. The molecule has 0 spiro atoms. The van der Waals surface area contributed by atoms with Crippen molar-refractivity contribution < 1.29 is 4.79 Å². The lowest BCUT2D eigenvalue weighted by Crippen LogP contribution is -2.41. The number of amides is 1. The molecule has 1 fully saturated rings. The summed E-state index contributed by atoms with van der Waals surface area (Å²) in [7, 11) is 0. The number of thioether (sulfide) groups is 1. The van der Waals surface area contributed by atoms with Gasteiger partial charge in [0.05, 0.1) is 0 Å². The van der Waals surface area contributed by atoms with Crippen LogP contribution in [0.5, 0.6) is 0 Å². The van der Waals surface area contributed by atoms with Gasteiger partial charge in [-0.3, -0.25) is 4.79 Å². The summed E-state index contributed by atoms with van der Waals surface area (Å²) in [4.78, 5) is 15.1. The Morgan fingerprint density at radius 3 is 2.59 bits per heavy atom. The molecule has 1 amide bonds. The minimum atomic E-state index is 0.0362. The number of likely N-dealkylation sites (tertiary alicyclic amines) is 1. The molecule has 1 N–H and O–H groups in total. The highest BCUT2D eigenvalue weighted by molar-refractivity contribution is 7.98. The van der Waals surface area contributed by atoms with E-state index in [0.29, 0.717) is 5.92 Å². The second-order valence-corrected chi connectivity index (χ2v) is 8.29. The topological polar surface area (TPSA) is 32.3 Å². The van der Waals surface area contributed by atoms with Crippen LogP contribution in [0, 0.1) is 5.92 Å².